The van der Waals surface area contributed by atoms with Gasteiger partial charge in [0.1, 0.15) is 64.4 Å². The molecule has 578 valence electrons. The Balaban J connectivity index is 0.000000133. The van der Waals surface area contributed by atoms with Gasteiger partial charge < -0.3 is 0 Å². The van der Waals surface area contributed by atoms with E-state index >= 15 is 0 Å². The van der Waals surface area contributed by atoms with Gasteiger partial charge in [-0.1, -0.05) is 138 Å². The van der Waals surface area contributed by atoms with Crippen LogP contribution in [0.25, 0.3) is 113 Å². The molecule has 0 N–H and O–H groups in total. The molecule has 0 aliphatic heterocycles. The van der Waals surface area contributed by atoms with Crippen molar-refractivity contribution in [3.05, 3.63) is 331 Å². The van der Waals surface area contributed by atoms with E-state index in [0.717, 1.165) is 98.3 Å². The van der Waals surface area contributed by atoms with E-state index < -0.39 is 0 Å². The molecule has 0 atom stereocenters. The van der Waals surface area contributed by atoms with Crippen molar-refractivity contribution in [3.63, 3.8) is 0 Å². The smallest absolute Gasteiger partial charge is 0.213 e. The maximum absolute atomic E-state index is 4.89. The number of hydrogen-bond acceptors (Lipinski definition) is 10. The molecule has 0 saturated heterocycles. The van der Waals surface area contributed by atoms with Crippen molar-refractivity contribution in [2.24, 2.45) is 41.2 Å². The topological polar surface area (TPSA) is 148 Å². The normalized spacial score (nSPS) is 11.7. The van der Waals surface area contributed by atoms with E-state index in [1.165, 1.54) is 110 Å². The maximum Gasteiger partial charge on any atom is 0.213 e. The summed E-state index contributed by atoms with van der Waals surface area (Å²) in [6.45, 7) is 23.3. The molecule has 15 nitrogen and oxygen atoms in total. The zero-order chi connectivity index (χ0) is 81.1. The summed E-state index contributed by atoms with van der Waals surface area (Å²) in [5.74, 6) is 5.89. The zero-order valence-corrected chi connectivity index (χ0v) is 69.7. The van der Waals surface area contributed by atoms with Crippen LogP contribution in [0.2, 0.25) is 0 Å². The second kappa shape index (κ2) is 38.7. The quantitative estimate of drug-likeness (QED) is 0.0908. The Kier molecular flexibility index (Phi) is 27.5. The average molecular weight is 1520 g/mol. The average Bonchev–Trinajstić information content (AvgIpc) is 1.23. The maximum atomic E-state index is 4.89. The number of benzene rings is 5. The summed E-state index contributed by atoms with van der Waals surface area (Å²) in [5.41, 5.74) is 29.1. The van der Waals surface area contributed by atoms with E-state index in [9.17, 15) is 0 Å². The molecule has 16 rings (SSSR count). The van der Waals surface area contributed by atoms with Gasteiger partial charge in [0, 0.05) is 172 Å². The molecule has 15 aromatic rings. The van der Waals surface area contributed by atoms with Gasteiger partial charge in [-0.2, -0.15) is 0 Å². The highest BCUT2D eigenvalue weighted by atomic mass is 15.0. The number of hydrogen-bond donors (Lipinski definition) is 0. The first kappa shape index (κ1) is 81.7. The highest BCUT2D eigenvalue weighted by Gasteiger charge is 2.24. The molecular formula is C100H108N15+5. The van der Waals surface area contributed by atoms with Crippen molar-refractivity contribution in [2.45, 2.75) is 127 Å². The van der Waals surface area contributed by atoms with Crippen molar-refractivity contribution in [3.8, 4) is 113 Å². The van der Waals surface area contributed by atoms with Crippen LogP contribution in [0, 0.1) is 47.5 Å². The lowest BCUT2D eigenvalue weighted by molar-refractivity contribution is -0.660. The summed E-state index contributed by atoms with van der Waals surface area (Å²) in [6.07, 6.45) is 26.5. The first-order valence-corrected chi connectivity index (χ1v) is 40.1. The van der Waals surface area contributed by atoms with Crippen LogP contribution in [0.15, 0.2) is 274 Å². The van der Waals surface area contributed by atoms with Gasteiger partial charge in [-0.25, -0.2) is 72.7 Å². The largest absolute Gasteiger partial charge is 0.242 e. The fourth-order valence-electron chi connectivity index (χ4n) is 14.4. The van der Waals surface area contributed by atoms with Gasteiger partial charge in [-0.3, -0.25) is 0 Å². The van der Waals surface area contributed by atoms with Gasteiger partial charge in [-0.15, -0.1) is 0 Å². The van der Waals surface area contributed by atoms with Crippen LogP contribution < -0.4 is 22.8 Å². The molecule has 1 aliphatic rings. The number of nitrogens with zero attached hydrogens (tertiary/aromatic N) is 15. The van der Waals surface area contributed by atoms with Crippen LogP contribution in [0.3, 0.4) is 0 Å². The van der Waals surface area contributed by atoms with Crippen LogP contribution in [0.4, 0.5) is 0 Å². The Labute approximate surface area is 680 Å². The zero-order valence-electron chi connectivity index (χ0n) is 69.7. The molecule has 15 heteroatoms. The second-order valence-electron chi connectivity index (χ2n) is 30.5. The second-order valence-corrected chi connectivity index (χ2v) is 30.5. The number of aromatic nitrogens is 15. The summed E-state index contributed by atoms with van der Waals surface area (Å²) < 4.78 is 10.8. The van der Waals surface area contributed by atoms with Gasteiger partial charge in [0.15, 0.2) is 31.0 Å². The van der Waals surface area contributed by atoms with E-state index in [1.807, 2.05) is 62.0 Å². The predicted octanol–water partition coefficient (Wildman–Crippen LogP) is 19.6. The molecule has 0 spiro atoms. The molecule has 10 heterocycles. The van der Waals surface area contributed by atoms with Crippen molar-refractivity contribution in [1.29, 1.82) is 0 Å². The predicted molar refractivity (Wildman–Crippen MR) is 462 cm³/mol. The summed E-state index contributed by atoms with van der Waals surface area (Å²) in [4.78, 5) is 45.2. The van der Waals surface area contributed by atoms with Gasteiger partial charge >= 0.3 is 0 Å². The van der Waals surface area contributed by atoms with Crippen molar-refractivity contribution < 1.29 is 22.8 Å². The number of rotatable bonds is 15. The summed E-state index contributed by atoms with van der Waals surface area (Å²) in [7, 11) is 10.4. The van der Waals surface area contributed by atoms with E-state index in [0.29, 0.717) is 17.8 Å². The van der Waals surface area contributed by atoms with Gasteiger partial charge in [0.05, 0.1) is 28.5 Å². The van der Waals surface area contributed by atoms with Gasteiger partial charge in [-0.05, 0) is 149 Å². The molecule has 1 saturated carbocycles. The molecule has 5 aromatic carbocycles. The minimum atomic E-state index is 0.325. The molecular weight excluding hydrogens is 1410 g/mol. The Hall–Kier alpha value is -12.8. The Bertz CT molecular complexity index is 5840. The van der Waals surface area contributed by atoms with E-state index in [-0.39, 0.29) is 0 Å². The third-order valence-corrected chi connectivity index (χ3v) is 21.0. The third-order valence-electron chi connectivity index (χ3n) is 21.0. The van der Waals surface area contributed by atoms with Crippen LogP contribution >= 0.6 is 0 Å². The molecule has 1 fully saturated rings. The lowest BCUT2D eigenvalue weighted by Gasteiger charge is -2.10. The van der Waals surface area contributed by atoms with Crippen LogP contribution in [-0.2, 0) is 48.1 Å². The van der Waals surface area contributed by atoms with Gasteiger partial charge in [0.2, 0.25) is 28.5 Å². The minimum Gasteiger partial charge on any atom is -0.242 e. The highest BCUT2D eigenvalue weighted by Crippen LogP contribution is 2.35. The first-order chi connectivity index (χ1) is 55.7. The summed E-state index contributed by atoms with van der Waals surface area (Å²) in [5, 5.41) is 0. The van der Waals surface area contributed by atoms with Crippen LogP contribution in [0.1, 0.15) is 129 Å². The minimum absolute atomic E-state index is 0.325. The van der Waals surface area contributed by atoms with Crippen molar-refractivity contribution in [2.75, 3.05) is 0 Å². The molecule has 0 radical (unpaired) electrons. The van der Waals surface area contributed by atoms with Crippen LogP contribution in [0.5, 0.6) is 0 Å². The van der Waals surface area contributed by atoms with Crippen molar-refractivity contribution >= 4 is 0 Å². The van der Waals surface area contributed by atoms with Crippen molar-refractivity contribution in [1.82, 2.24) is 49.8 Å². The fourth-order valence-corrected chi connectivity index (χ4v) is 14.4. The Morgan fingerprint density at radius 1 is 0.322 bits per heavy atom. The number of aryl methyl sites for hydroxylation is 12. The Morgan fingerprint density at radius 2 is 0.617 bits per heavy atom. The standard InChI is InChI=1S/C22H24N3.C21H24N3.C20H22N3.C19H20N3.C18H18N3/c1-16-7-3-6-10-19(16)21-15-18(12-14-25(21)2)20-11-13-23-22(24-20)17-8-4-5-9-17;1-15(2)13-21-22-11-9-19(23-21)17-10-12-24(4)20(14-17)18-8-6-5-7-16(18)3;1-14(2)20-21-11-9-18(22-20)16-10-12-23(4)19(13-16)17-8-6-5-7-15(17)3;1-4-19-20-11-9-17(21-19)15-10-12-22(3)18(13-15)16-8-6-5-7-14(16)2;1-13-6-4-5-7-16(13)18-12-15(9-11-21(18)3)17-8-10-19-14(2)20-17/h3,6-7,10-15,17H,4-5,8-9H2,1-2H3;5-12,14-15H,13H2,1-4H3;5-14H,1-4H3;5-13H,4H2,1-3H3;4-12H,1-3H3/q5*+1. The molecule has 1 aliphatic carbocycles. The summed E-state index contributed by atoms with van der Waals surface area (Å²) in [6, 6.07) is 73.8. The molecule has 10 aromatic heterocycles. The molecule has 0 unspecified atom stereocenters. The van der Waals surface area contributed by atoms with E-state index in [4.69, 9.17) is 15.0 Å². The fraction of sp³-hybridized carbons (Fsp3) is 0.250. The third kappa shape index (κ3) is 20.9. The van der Waals surface area contributed by atoms with E-state index in [2.05, 4.69) is 375 Å². The number of pyridine rings is 5. The monoisotopic (exact) mass is 1520 g/mol. The Morgan fingerprint density at radius 3 is 0.948 bits per heavy atom. The SMILES string of the molecule is CCc1nccc(-c2cc[n+](C)c(-c3ccccc3C)c2)n1.Cc1ccccc1-c1cc(-c2ccnc(C(C)C)n2)cc[n+]1C.Cc1ccccc1-c1cc(-c2ccnc(C3CCCC3)n2)cc[n+]1C.Cc1ccccc1-c1cc(-c2ccnc(CC(C)C)n2)cc[n+]1C.Cc1nccc(-c2cc[n+](C)c(-c3ccccc3C)c2)n1. The van der Waals surface area contributed by atoms with Crippen LogP contribution in [-0.4, -0.2) is 49.8 Å². The van der Waals surface area contributed by atoms with E-state index in [1.54, 1.807) is 6.20 Å². The molecule has 0 amide bonds. The molecule has 115 heavy (non-hydrogen) atoms. The summed E-state index contributed by atoms with van der Waals surface area (Å²) >= 11 is 0. The first-order valence-electron chi connectivity index (χ1n) is 40.1. The lowest BCUT2D eigenvalue weighted by Crippen LogP contribution is -2.30. The molecule has 0 bridgehead atoms. The highest BCUT2D eigenvalue weighted by molar-refractivity contribution is 5.73. The van der Waals surface area contributed by atoms with Gasteiger partial charge in [0.25, 0.3) is 0 Å². The lowest BCUT2D eigenvalue weighted by atomic mass is 10.0.